The van der Waals surface area contributed by atoms with Gasteiger partial charge in [0.05, 0.1) is 6.54 Å². The Bertz CT molecular complexity index is 763. The first kappa shape index (κ1) is 17.9. The summed E-state index contributed by atoms with van der Waals surface area (Å²) in [6.45, 7) is -0.0982. The lowest BCUT2D eigenvalue weighted by Crippen LogP contribution is -2.33. The summed E-state index contributed by atoms with van der Waals surface area (Å²) in [5.41, 5.74) is 0.954. The fourth-order valence-corrected chi connectivity index (χ4v) is 2.32. The number of amides is 2. The van der Waals surface area contributed by atoms with Gasteiger partial charge in [-0.15, -0.1) is 0 Å². The van der Waals surface area contributed by atoms with Crippen LogP contribution in [-0.2, 0) is 9.59 Å². The van der Waals surface area contributed by atoms with Crippen LogP contribution < -0.4 is 5.32 Å². The van der Waals surface area contributed by atoms with Crippen LogP contribution in [0.1, 0.15) is 5.56 Å². The Morgan fingerprint density at radius 1 is 1.21 bits per heavy atom. The van der Waals surface area contributed by atoms with Gasteiger partial charge in [0.2, 0.25) is 11.8 Å². The van der Waals surface area contributed by atoms with Crippen molar-refractivity contribution in [2.24, 2.45) is 0 Å². The fraction of sp³-hybridized carbons (Fsp3) is 0.111. The van der Waals surface area contributed by atoms with E-state index < -0.39 is 11.7 Å². The summed E-state index contributed by atoms with van der Waals surface area (Å²) < 4.78 is 14.3. The van der Waals surface area contributed by atoms with E-state index in [4.69, 9.17) is 0 Å². The minimum Gasteiger partial charge on any atom is -0.333 e. The predicted molar refractivity (Wildman–Crippen MR) is 95.8 cm³/mol. The molecule has 0 saturated heterocycles. The summed E-state index contributed by atoms with van der Waals surface area (Å²) in [6, 6.07) is 13.4. The number of carbonyl (C=O) groups excluding carboxylic acids is 2. The Kier molecular flexibility index (Phi) is 6.26. The van der Waals surface area contributed by atoms with E-state index >= 15 is 0 Å². The molecule has 0 heterocycles. The third-order valence-corrected chi connectivity index (χ3v) is 3.67. The molecule has 0 atom stereocenters. The SMILES string of the molecule is CN(CC(=O)Nc1ccccc1)C(=O)/C=C/c1cc(Br)ccc1F. The molecule has 0 bridgehead atoms. The van der Waals surface area contributed by atoms with Crippen LogP contribution in [0.4, 0.5) is 10.1 Å². The summed E-state index contributed by atoms with van der Waals surface area (Å²) in [6.07, 6.45) is 2.62. The van der Waals surface area contributed by atoms with E-state index in [9.17, 15) is 14.0 Å². The van der Waals surface area contributed by atoms with Crippen molar-refractivity contribution < 1.29 is 14.0 Å². The molecule has 2 amide bonds. The highest BCUT2D eigenvalue weighted by Gasteiger charge is 2.11. The molecule has 0 aliphatic heterocycles. The summed E-state index contributed by atoms with van der Waals surface area (Å²) in [5, 5.41) is 2.69. The summed E-state index contributed by atoms with van der Waals surface area (Å²) in [7, 11) is 1.51. The Hall–Kier alpha value is -2.47. The molecule has 2 aromatic rings. The summed E-state index contributed by atoms with van der Waals surface area (Å²) >= 11 is 3.25. The molecular formula is C18H16BrFN2O2. The lowest BCUT2D eigenvalue weighted by molar-refractivity contribution is -0.129. The average Bonchev–Trinajstić information content (AvgIpc) is 2.56. The lowest BCUT2D eigenvalue weighted by Gasteiger charge is -2.14. The number of rotatable bonds is 5. The molecule has 124 valence electrons. The molecule has 0 radical (unpaired) electrons. The smallest absolute Gasteiger partial charge is 0.246 e. The monoisotopic (exact) mass is 390 g/mol. The van der Waals surface area contributed by atoms with Gasteiger partial charge in [-0.1, -0.05) is 34.1 Å². The van der Waals surface area contributed by atoms with E-state index in [-0.39, 0.29) is 12.5 Å². The molecule has 0 unspecified atom stereocenters. The van der Waals surface area contributed by atoms with Gasteiger partial charge in [-0.25, -0.2) is 4.39 Å². The van der Waals surface area contributed by atoms with Crippen LogP contribution in [0.5, 0.6) is 0 Å². The number of nitrogens with one attached hydrogen (secondary N) is 1. The first-order chi connectivity index (χ1) is 11.5. The van der Waals surface area contributed by atoms with Gasteiger partial charge < -0.3 is 10.2 Å². The maximum atomic E-state index is 13.6. The van der Waals surface area contributed by atoms with Gasteiger partial charge in [0.15, 0.2) is 0 Å². The van der Waals surface area contributed by atoms with Gasteiger partial charge in [0, 0.05) is 28.8 Å². The molecule has 1 N–H and O–H groups in total. The van der Waals surface area contributed by atoms with Crippen LogP contribution in [0.15, 0.2) is 59.1 Å². The van der Waals surface area contributed by atoms with Crippen LogP contribution in [0, 0.1) is 5.82 Å². The van der Waals surface area contributed by atoms with Crippen molar-refractivity contribution in [3.63, 3.8) is 0 Å². The normalized spacial score (nSPS) is 10.6. The van der Waals surface area contributed by atoms with Crippen molar-refractivity contribution in [3.05, 3.63) is 70.5 Å². The first-order valence-corrected chi connectivity index (χ1v) is 7.98. The van der Waals surface area contributed by atoms with Crippen LogP contribution in [0.2, 0.25) is 0 Å². The topological polar surface area (TPSA) is 49.4 Å². The molecular weight excluding hydrogens is 375 g/mol. The zero-order chi connectivity index (χ0) is 17.5. The molecule has 0 saturated carbocycles. The van der Waals surface area contributed by atoms with Crippen LogP contribution in [0.3, 0.4) is 0 Å². The van der Waals surface area contributed by atoms with Gasteiger partial charge in [0.25, 0.3) is 0 Å². The second-order valence-corrected chi connectivity index (χ2v) is 6.02. The van der Waals surface area contributed by atoms with Gasteiger partial charge in [-0.3, -0.25) is 9.59 Å². The van der Waals surface area contributed by atoms with Crippen molar-refractivity contribution in [1.29, 1.82) is 0 Å². The minimum absolute atomic E-state index is 0.0982. The standard InChI is InChI=1S/C18H16BrFN2O2/c1-22(12-17(23)21-15-5-3-2-4-6-15)18(24)10-7-13-11-14(19)8-9-16(13)20/h2-11H,12H2,1H3,(H,21,23)/b10-7+. The molecule has 24 heavy (non-hydrogen) atoms. The van der Waals surface area contributed by atoms with Gasteiger partial charge in [-0.2, -0.15) is 0 Å². The second-order valence-electron chi connectivity index (χ2n) is 5.11. The number of nitrogens with zero attached hydrogens (tertiary/aromatic N) is 1. The third kappa shape index (κ3) is 5.31. The largest absolute Gasteiger partial charge is 0.333 e. The maximum Gasteiger partial charge on any atom is 0.246 e. The molecule has 4 nitrogen and oxygen atoms in total. The second kappa shape index (κ2) is 8.40. The zero-order valence-electron chi connectivity index (χ0n) is 13.0. The third-order valence-electron chi connectivity index (χ3n) is 3.18. The molecule has 0 aliphatic rings. The van der Waals surface area contributed by atoms with Crippen LogP contribution in [-0.4, -0.2) is 30.3 Å². The number of likely N-dealkylation sites (N-methyl/N-ethyl adjacent to an activating group) is 1. The van der Waals surface area contributed by atoms with Crippen LogP contribution >= 0.6 is 15.9 Å². The van der Waals surface area contributed by atoms with Crippen molar-refractivity contribution in [2.45, 2.75) is 0 Å². The van der Waals surface area contributed by atoms with E-state index in [1.165, 1.54) is 30.2 Å². The van der Waals surface area contributed by atoms with Crippen molar-refractivity contribution >= 4 is 39.5 Å². The Morgan fingerprint density at radius 2 is 1.92 bits per heavy atom. The lowest BCUT2D eigenvalue weighted by atomic mass is 10.2. The van der Waals surface area contributed by atoms with E-state index in [1.54, 1.807) is 36.4 Å². The molecule has 0 aromatic heterocycles. The number of carbonyl (C=O) groups is 2. The number of hydrogen-bond acceptors (Lipinski definition) is 2. The average molecular weight is 391 g/mol. The highest BCUT2D eigenvalue weighted by Crippen LogP contribution is 2.16. The molecule has 0 aliphatic carbocycles. The van der Waals surface area contributed by atoms with E-state index in [0.29, 0.717) is 15.7 Å². The molecule has 0 fully saturated rings. The number of hydrogen-bond donors (Lipinski definition) is 1. The van der Waals surface area contributed by atoms with Gasteiger partial charge in [-0.05, 0) is 36.4 Å². The summed E-state index contributed by atoms with van der Waals surface area (Å²) in [4.78, 5) is 25.2. The quantitative estimate of drug-likeness (QED) is 0.791. The highest BCUT2D eigenvalue weighted by molar-refractivity contribution is 9.10. The van der Waals surface area contributed by atoms with Gasteiger partial charge in [0.1, 0.15) is 5.82 Å². The van der Waals surface area contributed by atoms with Crippen molar-refractivity contribution in [2.75, 3.05) is 18.9 Å². The predicted octanol–water partition coefficient (Wildman–Crippen LogP) is 3.70. The Labute approximate surface area is 148 Å². The molecule has 6 heteroatoms. The van der Waals surface area contributed by atoms with E-state index in [1.807, 2.05) is 6.07 Å². The minimum atomic E-state index is -0.424. The zero-order valence-corrected chi connectivity index (χ0v) is 14.6. The molecule has 2 aromatic carbocycles. The number of benzene rings is 2. The number of para-hydroxylation sites is 1. The van der Waals surface area contributed by atoms with E-state index in [0.717, 1.165) is 0 Å². The van der Waals surface area contributed by atoms with E-state index in [2.05, 4.69) is 21.2 Å². The Balaban J connectivity index is 1.93. The summed E-state index contributed by atoms with van der Waals surface area (Å²) in [5.74, 6) is -1.12. The molecule has 2 rings (SSSR count). The number of anilines is 1. The van der Waals surface area contributed by atoms with Crippen molar-refractivity contribution in [3.8, 4) is 0 Å². The maximum absolute atomic E-state index is 13.6. The van der Waals surface area contributed by atoms with Crippen molar-refractivity contribution in [1.82, 2.24) is 4.90 Å². The fourth-order valence-electron chi connectivity index (χ4n) is 1.95. The van der Waals surface area contributed by atoms with Gasteiger partial charge >= 0.3 is 0 Å². The van der Waals surface area contributed by atoms with Crippen LogP contribution in [0.25, 0.3) is 6.08 Å². The highest BCUT2D eigenvalue weighted by atomic mass is 79.9. The number of halogens is 2. The first-order valence-electron chi connectivity index (χ1n) is 7.19. The molecule has 0 spiro atoms. The Morgan fingerprint density at radius 3 is 2.62 bits per heavy atom.